The number of allylic oxidation sites excluding steroid dienone is 2. The van der Waals surface area contributed by atoms with E-state index in [0.717, 1.165) is 55.6 Å². The average molecular weight is 583 g/mol. The molecule has 1 fully saturated rings. The number of nitrogens with zero attached hydrogens (tertiary/aromatic N) is 3. The minimum atomic E-state index is -3.85. The van der Waals surface area contributed by atoms with Gasteiger partial charge in [0.25, 0.3) is 0 Å². The van der Waals surface area contributed by atoms with Crippen LogP contribution in [0.15, 0.2) is 53.6 Å². The molecular formula is C31H46N6O3S. The van der Waals surface area contributed by atoms with Crippen molar-refractivity contribution in [3.63, 3.8) is 0 Å². The maximum atomic E-state index is 12.6. The fraction of sp³-hybridized carbons (Fsp3) is 0.548. The summed E-state index contributed by atoms with van der Waals surface area (Å²) in [5.74, 6) is 1.67. The van der Waals surface area contributed by atoms with Gasteiger partial charge in [-0.1, -0.05) is 51.7 Å². The summed E-state index contributed by atoms with van der Waals surface area (Å²) >= 11 is 0. The number of anilines is 3. The predicted molar refractivity (Wildman–Crippen MR) is 167 cm³/mol. The van der Waals surface area contributed by atoms with E-state index in [9.17, 15) is 8.42 Å². The van der Waals surface area contributed by atoms with E-state index in [2.05, 4.69) is 40.4 Å². The SMILES string of the molecule is CCCCC1C(S(N)(=O)=O)=CC=CC1(CCCC)Nc1nc(Nc2ccc(OCCN3CCCC3)cc2)ncc1C. The van der Waals surface area contributed by atoms with Crippen LogP contribution in [0.5, 0.6) is 5.75 Å². The van der Waals surface area contributed by atoms with Gasteiger partial charge in [-0.3, -0.25) is 4.90 Å². The number of hydrogen-bond donors (Lipinski definition) is 3. The summed E-state index contributed by atoms with van der Waals surface area (Å²) in [5, 5.41) is 12.7. The highest BCUT2D eigenvalue weighted by atomic mass is 32.2. The summed E-state index contributed by atoms with van der Waals surface area (Å²) in [6, 6.07) is 7.81. The van der Waals surface area contributed by atoms with Gasteiger partial charge >= 0.3 is 0 Å². The smallest absolute Gasteiger partial charge is 0.234 e. The van der Waals surface area contributed by atoms with Gasteiger partial charge in [-0.25, -0.2) is 18.5 Å². The van der Waals surface area contributed by atoms with Crippen LogP contribution in [0.2, 0.25) is 0 Å². The molecule has 1 aliphatic heterocycles. The molecule has 1 aliphatic carbocycles. The number of likely N-dealkylation sites (tertiary alicyclic amines) is 1. The highest BCUT2D eigenvalue weighted by Crippen LogP contribution is 2.42. The van der Waals surface area contributed by atoms with E-state index < -0.39 is 15.6 Å². The van der Waals surface area contributed by atoms with Crippen molar-refractivity contribution in [3.05, 3.63) is 59.2 Å². The molecule has 10 heteroatoms. The summed E-state index contributed by atoms with van der Waals surface area (Å²) < 4.78 is 31.2. The van der Waals surface area contributed by atoms with E-state index in [1.807, 2.05) is 37.3 Å². The standard InChI is InChI=1S/C31H46N6O3S/c1-4-6-11-27-28(41(32,38)39)12-10-18-31(27,17-7-5-2)36-29-24(3)23-33-30(35-29)34-25-13-15-26(16-14-25)40-22-21-37-19-8-9-20-37/h10,12-16,18,23,27H,4-9,11,17,19-22H2,1-3H3,(H2,32,38,39)(H2,33,34,35,36). The molecule has 0 spiro atoms. The molecule has 2 atom stereocenters. The zero-order chi connectivity index (χ0) is 29.3. The summed E-state index contributed by atoms with van der Waals surface area (Å²) in [7, 11) is -3.85. The third-order valence-electron chi connectivity index (χ3n) is 8.05. The number of ether oxygens (including phenoxy) is 1. The third-order valence-corrected chi connectivity index (χ3v) is 9.12. The van der Waals surface area contributed by atoms with Crippen molar-refractivity contribution in [1.82, 2.24) is 14.9 Å². The van der Waals surface area contributed by atoms with Gasteiger partial charge in [0.1, 0.15) is 18.2 Å². The zero-order valence-electron chi connectivity index (χ0n) is 24.7. The Bertz CT molecular complexity index is 1310. The molecule has 2 aromatic rings. The number of unbranched alkanes of at least 4 members (excludes halogenated alkanes) is 2. The molecule has 1 aromatic heterocycles. The minimum absolute atomic E-state index is 0.282. The first-order chi connectivity index (χ1) is 19.7. The number of sulfonamides is 1. The number of hydrogen-bond acceptors (Lipinski definition) is 8. The lowest BCUT2D eigenvalue weighted by Gasteiger charge is -2.42. The molecule has 2 unspecified atom stereocenters. The Morgan fingerprint density at radius 1 is 1.12 bits per heavy atom. The van der Waals surface area contributed by atoms with Gasteiger partial charge in [0.15, 0.2) is 0 Å². The first kappa shape index (κ1) is 31.0. The van der Waals surface area contributed by atoms with Crippen LogP contribution in [-0.4, -0.2) is 55.1 Å². The minimum Gasteiger partial charge on any atom is -0.492 e. The number of nitrogens with two attached hydrogens (primary N) is 1. The van der Waals surface area contributed by atoms with Crippen molar-refractivity contribution >= 4 is 27.5 Å². The Morgan fingerprint density at radius 2 is 1.85 bits per heavy atom. The van der Waals surface area contributed by atoms with Gasteiger partial charge in [0.05, 0.1) is 10.4 Å². The summed E-state index contributed by atoms with van der Waals surface area (Å²) in [4.78, 5) is 12.1. The Morgan fingerprint density at radius 3 is 2.54 bits per heavy atom. The first-order valence-corrected chi connectivity index (χ1v) is 16.5. The molecule has 224 valence electrons. The first-order valence-electron chi connectivity index (χ1n) is 15.0. The molecule has 2 heterocycles. The largest absolute Gasteiger partial charge is 0.492 e. The van der Waals surface area contributed by atoms with Crippen LogP contribution >= 0.6 is 0 Å². The maximum Gasteiger partial charge on any atom is 0.234 e. The van der Waals surface area contributed by atoms with Crippen LogP contribution in [0.25, 0.3) is 0 Å². The summed E-state index contributed by atoms with van der Waals surface area (Å²) in [6.45, 7) is 10.2. The Balaban J connectivity index is 1.51. The van der Waals surface area contributed by atoms with Crippen LogP contribution in [0.3, 0.4) is 0 Å². The van der Waals surface area contributed by atoms with E-state index >= 15 is 0 Å². The van der Waals surface area contributed by atoms with Crippen molar-refractivity contribution in [2.75, 3.05) is 36.9 Å². The Hall–Kier alpha value is -2.95. The fourth-order valence-corrected chi connectivity index (χ4v) is 6.72. The van der Waals surface area contributed by atoms with Crippen LogP contribution in [-0.2, 0) is 10.0 Å². The molecule has 0 bridgehead atoms. The molecule has 4 N–H and O–H groups in total. The van der Waals surface area contributed by atoms with Gasteiger partial charge < -0.3 is 15.4 Å². The Kier molecular flexibility index (Phi) is 10.8. The van der Waals surface area contributed by atoms with Crippen molar-refractivity contribution in [1.29, 1.82) is 0 Å². The summed E-state index contributed by atoms with van der Waals surface area (Å²) in [5.41, 5.74) is 1.10. The van der Waals surface area contributed by atoms with Gasteiger partial charge in [-0.05, 0) is 76.0 Å². The van der Waals surface area contributed by atoms with E-state index in [0.29, 0.717) is 24.8 Å². The fourth-order valence-electron chi connectivity index (χ4n) is 5.73. The van der Waals surface area contributed by atoms with Crippen LogP contribution in [0.4, 0.5) is 17.5 Å². The highest BCUT2D eigenvalue weighted by molar-refractivity contribution is 7.93. The second kappa shape index (κ2) is 14.3. The average Bonchev–Trinajstić information content (AvgIpc) is 3.47. The molecule has 1 aromatic carbocycles. The lowest BCUT2D eigenvalue weighted by atomic mass is 9.74. The number of rotatable bonds is 15. The number of benzene rings is 1. The van der Waals surface area contributed by atoms with Gasteiger partial charge in [0.2, 0.25) is 16.0 Å². The van der Waals surface area contributed by atoms with Crippen LogP contribution in [0.1, 0.15) is 70.8 Å². The quantitative estimate of drug-likeness (QED) is 0.238. The van der Waals surface area contributed by atoms with Crippen molar-refractivity contribution in [3.8, 4) is 5.75 Å². The topological polar surface area (TPSA) is 122 Å². The normalized spacial score (nSPS) is 21.1. The molecule has 0 radical (unpaired) electrons. The third kappa shape index (κ3) is 8.30. The van der Waals surface area contributed by atoms with Crippen molar-refractivity contribution in [2.45, 2.75) is 77.7 Å². The molecule has 1 saturated heterocycles. The number of aryl methyl sites for hydroxylation is 1. The molecule has 9 nitrogen and oxygen atoms in total. The second-order valence-corrected chi connectivity index (χ2v) is 12.8. The number of nitrogens with one attached hydrogen (secondary N) is 2. The molecule has 4 rings (SSSR count). The van der Waals surface area contributed by atoms with Gasteiger partial charge in [0, 0.05) is 29.9 Å². The van der Waals surface area contributed by atoms with Gasteiger partial charge in [-0.2, -0.15) is 4.98 Å². The van der Waals surface area contributed by atoms with E-state index in [-0.39, 0.29) is 10.8 Å². The second-order valence-electron chi connectivity index (χ2n) is 11.2. The van der Waals surface area contributed by atoms with E-state index in [4.69, 9.17) is 14.9 Å². The summed E-state index contributed by atoms with van der Waals surface area (Å²) in [6.07, 6.45) is 15.1. The lowest BCUT2D eigenvalue weighted by molar-refractivity contribution is 0.238. The van der Waals surface area contributed by atoms with Crippen molar-refractivity contribution < 1.29 is 13.2 Å². The maximum absolute atomic E-state index is 12.6. The Labute approximate surface area is 245 Å². The van der Waals surface area contributed by atoms with Crippen molar-refractivity contribution in [2.24, 2.45) is 11.1 Å². The monoisotopic (exact) mass is 582 g/mol. The number of primary sulfonamides is 1. The molecule has 0 amide bonds. The van der Waals surface area contributed by atoms with Gasteiger partial charge in [-0.15, -0.1) is 0 Å². The molecule has 41 heavy (non-hydrogen) atoms. The van der Waals surface area contributed by atoms with Crippen LogP contribution < -0.4 is 20.5 Å². The highest BCUT2D eigenvalue weighted by Gasteiger charge is 2.43. The van der Waals surface area contributed by atoms with E-state index in [1.54, 1.807) is 12.3 Å². The predicted octanol–water partition coefficient (Wildman–Crippen LogP) is 5.89. The molecular weight excluding hydrogens is 536 g/mol. The molecule has 2 aliphatic rings. The lowest BCUT2D eigenvalue weighted by Crippen LogP contribution is -2.48. The molecule has 0 saturated carbocycles. The number of aromatic nitrogens is 2. The zero-order valence-corrected chi connectivity index (χ0v) is 25.5. The van der Waals surface area contributed by atoms with E-state index in [1.165, 1.54) is 25.9 Å². The van der Waals surface area contributed by atoms with Crippen LogP contribution in [0, 0.1) is 12.8 Å².